The summed E-state index contributed by atoms with van der Waals surface area (Å²) in [4.78, 5) is 35.5. The Morgan fingerprint density at radius 2 is 2.04 bits per heavy atom. The molecular formula is C16H22N2O5. The third-order valence-corrected chi connectivity index (χ3v) is 3.02. The van der Waals surface area contributed by atoms with Crippen LogP contribution in [-0.4, -0.2) is 56.9 Å². The topological polar surface area (TPSA) is 84.9 Å². The molecule has 0 aliphatic carbocycles. The van der Waals surface area contributed by atoms with E-state index >= 15 is 0 Å². The lowest BCUT2D eigenvalue weighted by molar-refractivity contribution is -0.136. The molecule has 0 atom stereocenters. The third kappa shape index (κ3) is 5.98. The summed E-state index contributed by atoms with van der Waals surface area (Å²) in [5.41, 5.74) is 0.329. The molecular weight excluding hydrogens is 300 g/mol. The highest BCUT2D eigenvalue weighted by Gasteiger charge is 2.14. The van der Waals surface area contributed by atoms with E-state index < -0.39 is 0 Å². The maximum atomic E-state index is 11.9. The van der Waals surface area contributed by atoms with Crippen molar-refractivity contribution < 1.29 is 23.9 Å². The van der Waals surface area contributed by atoms with E-state index in [1.54, 1.807) is 18.2 Å². The van der Waals surface area contributed by atoms with Gasteiger partial charge in [0.2, 0.25) is 5.91 Å². The van der Waals surface area contributed by atoms with Crippen LogP contribution >= 0.6 is 0 Å². The van der Waals surface area contributed by atoms with Gasteiger partial charge in [0.1, 0.15) is 11.5 Å². The van der Waals surface area contributed by atoms with Crippen molar-refractivity contribution in [3.05, 3.63) is 23.8 Å². The highest BCUT2D eigenvalue weighted by Crippen LogP contribution is 2.24. The average Bonchev–Trinajstić information content (AvgIpc) is 2.57. The summed E-state index contributed by atoms with van der Waals surface area (Å²) in [7, 11) is 3.00. The number of carbonyl (C=O) groups is 3. The lowest BCUT2D eigenvalue weighted by Crippen LogP contribution is -2.39. The zero-order valence-corrected chi connectivity index (χ0v) is 13.6. The van der Waals surface area contributed by atoms with Crippen molar-refractivity contribution in [3.63, 3.8) is 0 Å². The Labute approximate surface area is 135 Å². The Hall–Kier alpha value is -2.57. The summed E-state index contributed by atoms with van der Waals surface area (Å²) in [5.74, 6) is 0.198. The summed E-state index contributed by atoms with van der Waals surface area (Å²) in [6.45, 7) is 2.20. The van der Waals surface area contributed by atoms with Crippen LogP contribution in [0.25, 0.3) is 0 Å². The molecule has 2 amide bonds. The van der Waals surface area contributed by atoms with Crippen LogP contribution in [0.2, 0.25) is 0 Å². The van der Waals surface area contributed by atoms with Gasteiger partial charge in [0.15, 0.2) is 12.9 Å². The van der Waals surface area contributed by atoms with Gasteiger partial charge in [-0.25, -0.2) is 0 Å². The molecule has 0 bridgehead atoms. The first-order valence-electron chi connectivity index (χ1n) is 7.31. The molecule has 0 aromatic heterocycles. The van der Waals surface area contributed by atoms with E-state index in [9.17, 15) is 14.4 Å². The molecule has 7 nitrogen and oxygen atoms in total. The van der Waals surface area contributed by atoms with Crippen molar-refractivity contribution in [3.8, 4) is 11.5 Å². The van der Waals surface area contributed by atoms with E-state index in [4.69, 9.17) is 9.47 Å². The fraction of sp³-hybridized carbons (Fsp3) is 0.438. The van der Waals surface area contributed by atoms with E-state index in [1.165, 1.54) is 19.0 Å². The minimum atomic E-state index is -0.370. The van der Waals surface area contributed by atoms with Crippen LogP contribution in [0.3, 0.4) is 0 Å². The standard InChI is InChI=1S/C16H22N2O5/c1-4-7-22-13-6-5-12(10-19)14(8-13)23-11-16(21)18(3)9-15(20)17-2/h5-6,8,10H,4,7,9,11H2,1-3H3,(H,17,20). The number of benzene rings is 1. The number of nitrogens with one attached hydrogen (secondary N) is 1. The third-order valence-electron chi connectivity index (χ3n) is 3.02. The fourth-order valence-electron chi connectivity index (χ4n) is 1.68. The second-order valence-electron chi connectivity index (χ2n) is 4.88. The first-order valence-corrected chi connectivity index (χ1v) is 7.31. The number of likely N-dealkylation sites (N-methyl/N-ethyl adjacent to an activating group) is 2. The number of carbonyl (C=O) groups excluding carboxylic acids is 3. The lowest BCUT2D eigenvalue weighted by Gasteiger charge is -2.17. The van der Waals surface area contributed by atoms with Gasteiger partial charge in [0.25, 0.3) is 5.91 Å². The second-order valence-corrected chi connectivity index (χ2v) is 4.88. The summed E-state index contributed by atoms with van der Waals surface area (Å²) < 4.78 is 10.9. The Morgan fingerprint density at radius 1 is 1.30 bits per heavy atom. The molecule has 0 heterocycles. The number of aldehydes is 1. The van der Waals surface area contributed by atoms with Gasteiger partial charge < -0.3 is 19.7 Å². The number of hydrogen-bond donors (Lipinski definition) is 1. The van der Waals surface area contributed by atoms with Crippen LogP contribution in [0.4, 0.5) is 0 Å². The molecule has 1 aromatic rings. The van der Waals surface area contributed by atoms with Gasteiger partial charge in [0, 0.05) is 20.2 Å². The molecule has 23 heavy (non-hydrogen) atoms. The van der Waals surface area contributed by atoms with Gasteiger partial charge in [0.05, 0.1) is 18.7 Å². The van der Waals surface area contributed by atoms with Crippen molar-refractivity contribution in [2.24, 2.45) is 0 Å². The molecule has 0 aliphatic rings. The van der Waals surface area contributed by atoms with E-state index in [-0.39, 0.29) is 30.7 Å². The Morgan fingerprint density at radius 3 is 2.65 bits per heavy atom. The van der Waals surface area contributed by atoms with E-state index in [0.717, 1.165) is 6.42 Å². The molecule has 0 radical (unpaired) electrons. The van der Waals surface area contributed by atoms with Crippen LogP contribution < -0.4 is 14.8 Å². The average molecular weight is 322 g/mol. The molecule has 7 heteroatoms. The molecule has 0 spiro atoms. The van der Waals surface area contributed by atoms with Gasteiger partial charge in [-0.1, -0.05) is 6.92 Å². The summed E-state index contributed by atoms with van der Waals surface area (Å²) >= 11 is 0. The summed E-state index contributed by atoms with van der Waals surface area (Å²) in [5, 5.41) is 2.43. The van der Waals surface area contributed by atoms with Crippen LogP contribution in [0.15, 0.2) is 18.2 Å². The van der Waals surface area contributed by atoms with Crippen LogP contribution in [0, 0.1) is 0 Å². The summed E-state index contributed by atoms with van der Waals surface area (Å²) in [6.07, 6.45) is 1.51. The van der Waals surface area contributed by atoms with E-state index in [0.29, 0.717) is 24.2 Å². The smallest absolute Gasteiger partial charge is 0.260 e. The number of nitrogens with zero attached hydrogens (tertiary/aromatic N) is 1. The Balaban J connectivity index is 2.69. The monoisotopic (exact) mass is 322 g/mol. The highest BCUT2D eigenvalue weighted by molar-refractivity contribution is 5.85. The van der Waals surface area contributed by atoms with Gasteiger partial charge in [-0.05, 0) is 18.6 Å². The highest BCUT2D eigenvalue weighted by atomic mass is 16.5. The van der Waals surface area contributed by atoms with E-state index in [1.807, 2.05) is 6.92 Å². The molecule has 0 saturated carbocycles. The first-order chi connectivity index (χ1) is 11.0. The zero-order valence-electron chi connectivity index (χ0n) is 13.6. The minimum Gasteiger partial charge on any atom is -0.493 e. The molecule has 126 valence electrons. The van der Waals surface area contributed by atoms with Crippen LogP contribution in [0.1, 0.15) is 23.7 Å². The van der Waals surface area contributed by atoms with Gasteiger partial charge >= 0.3 is 0 Å². The van der Waals surface area contributed by atoms with Gasteiger partial charge in [-0.3, -0.25) is 14.4 Å². The van der Waals surface area contributed by atoms with Crippen LogP contribution in [-0.2, 0) is 9.59 Å². The van der Waals surface area contributed by atoms with E-state index in [2.05, 4.69) is 5.32 Å². The quantitative estimate of drug-likeness (QED) is 0.682. The SMILES string of the molecule is CCCOc1ccc(C=O)c(OCC(=O)N(C)CC(=O)NC)c1. The molecule has 0 aliphatic heterocycles. The molecule has 1 rings (SSSR count). The normalized spacial score (nSPS) is 9.87. The predicted molar refractivity (Wildman–Crippen MR) is 84.8 cm³/mol. The number of hydrogen-bond acceptors (Lipinski definition) is 5. The van der Waals surface area contributed by atoms with Crippen molar-refractivity contribution >= 4 is 18.1 Å². The number of rotatable bonds is 9. The summed E-state index contributed by atoms with van der Waals surface area (Å²) in [6, 6.07) is 4.82. The second kappa shape index (κ2) is 9.45. The van der Waals surface area contributed by atoms with Gasteiger partial charge in [-0.2, -0.15) is 0 Å². The predicted octanol–water partition coefficient (Wildman–Crippen LogP) is 0.871. The number of amides is 2. The maximum Gasteiger partial charge on any atom is 0.260 e. The van der Waals surface area contributed by atoms with Crippen molar-refractivity contribution in [2.75, 3.05) is 33.9 Å². The molecule has 1 aromatic carbocycles. The van der Waals surface area contributed by atoms with Gasteiger partial charge in [-0.15, -0.1) is 0 Å². The van der Waals surface area contributed by atoms with Crippen molar-refractivity contribution in [2.45, 2.75) is 13.3 Å². The lowest BCUT2D eigenvalue weighted by atomic mass is 10.2. The molecule has 0 unspecified atom stereocenters. The molecule has 0 saturated heterocycles. The zero-order chi connectivity index (χ0) is 17.2. The minimum absolute atomic E-state index is 0.0567. The molecule has 0 fully saturated rings. The fourth-order valence-corrected chi connectivity index (χ4v) is 1.68. The van der Waals surface area contributed by atoms with Crippen molar-refractivity contribution in [1.29, 1.82) is 0 Å². The number of ether oxygens (including phenoxy) is 2. The maximum absolute atomic E-state index is 11.9. The first kappa shape index (κ1) is 18.5. The largest absolute Gasteiger partial charge is 0.493 e. The Kier molecular flexibility index (Phi) is 7.59. The van der Waals surface area contributed by atoms with Crippen LogP contribution in [0.5, 0.6) is 11.5 Å². The Bertz CT molecular complexity index is 559. The van der Waals surface area contributed by atoms with Crippen molar-refractivity contribution in [1.82, 2.24) is 10.2 Å². The molecule has 1 N–H and O–H groups in total.